The van der Waals surface area contributed by atoms with Gasteiger partial charge in [-0.15, -0.1) is 0 Å². The summed E-state index contributed by atoms with van der Waals surface area (Å²) in [5.74, 6) is 0. The Kier molecular flexibility index (Phi) is 13.7. The van der Waals surface area contributed by atoms with E-state index in [1.807, 2.05) is 12.1 Å². The Hall–Kier alpha value is -2.05. The average molecular weight is 747 g/mol. The number of aromatic nitrogens is 2. The van der Waals surface area contributed by atoms with Crippen molar-refractivity contribution in [3.63, 3.8) is 0 Å². The molecular weight excluding hydrogens is 695 g/mol. The Bertz CT molecular complexity index is 1380. The summed E-state index contributed by atoms with van der Waals surface area (Å²) >= 11 is 2.41. The Morgan fingerprint density at radius 2 is 1.49 bits per heavy atom. The first-order chi connectivity index (χ1) is 21.7. The third-order valence-electron chi connectivity index (χ3n) is 8.79. The van der Waals surface area contributed by atoms with E-state index in [0.29, 0.717) is 25.2 Å². The second kappa shape index (κ2) is 17.2. The number of nitrogens with one attached hydrogen (secondary N) is 1. The topological polar surface area (TPSA) is 82.6 Å². The Labute approximate surface area is 283 Å². The number of benzene rings is 2. The molecule has 3 aromatic rings. The molecule has 246 valence electrons. The summed E-state index contributed by atoms with van der Waals surface area (Å²) in [6.45, 7) is 10.2. The van der Waals surface area contributed by atoms with Gasteiger partial charge in [0.25, 0.3) is 13.9 Å². The van der Waals surface area contributed by atoms with Crippen LogP contribution < -0.4 is 21.6 Å². The molecule has 2 aromatic carbocycles. The molecule has 0 amide bonds. The summed E-state index contributed by atoms with van der Waals surface area (Å²) in [6, 6.07) is 21.1. The number of rotatable bonds is 17. The van der Waals surface area contributed by atoms with Gasteiger partial charge in [-0.05, 0) is 21.8 Å². The van der Waals surface area contributed by atoms with Crippen LogP contribution in [0, 0.1) is 0 Å². The van der Waals surface area contributed by atoms with Crippen LogP contribution in [-0.4, -0.2) is 41.1 Å². The number of hydrogen-bond donors (Lipinski definition) is 1. The monoisotopic (exact) mass is 746 g/mol. The van der Waals surface area contributed by atoms with Gasteiger partial charge in [0.15, 0.2) is 0 Å². The number of hydrogen-bond acceptors (Lipinski definition) is 5. The zero-order chi connectivity index (χ0) is 32.3. The second-order valence-corrected chi connectivity index (χ2v) is 19.1. The standard InChI is InChI=1S/C36H51IN2O5Si/c1-5-6-7-8-9-10-11-18-23-42-26-28-25-39(35(41)38-34(28)40)33-24-31(37)32(44-33)27-43-45(36(2,3)4,29-19-14-12-15-20-29)30-21-16-13-17-22-30/h12-17,19-22,25,31-33H,5-11,18,23-24,26-27H2,1-4H3,(H,38,40,41)/t31-,32-,33+/m1/s1. The predicted octanol–water partition coefficient (Wildman–Crippen LogP) is 6.86. The van der Waals surface area contributed by atoms with E-state index < -0.39 is 25.8 Å². The maximum absolute atomic E-state index is 12.9. The van der Waals surface area contributed by atoms with Gasteiger partial charge in [0, 0.05) is 23.1 Å². The summed E-state index contributed by atoms with van der Waals surface area (Å²) in [6.07, 6.45) is 11.4. The normalized spacial score (nSPS) is 18.8. The van der Waals surface area contributed by atoms with Crippen LogP contribution in [0.15, 0.2) is 76.4 Å². The lowest BCUT2D eigenvalue weighted by Crippen LogP contribution is -2.67. The average Bonchev–Trinajstić information content (AvgIpc) is 3.39. The van der Waals surface area contributed by atoms with Gasteiger partial charge in [-0.3, -0.25) is 14.3 Å². The molecule has 1 aliphatic heterocycles. The highest BCUT2D eigenvalue weighted by Gasteiger charge is 2.51. The lowest BCUT2D eigenvalue weighted by atomic mass is 10.1. The van der Waals surface area contributed by atoms with E-state index in [1.54, 1.807) is 6.20 Å². The van der Waals surface area contributed by atoms with Gasteiger partial charge in [0.2, 0.25) is 0 Å². The van der Waals surface area contributed by atoms with Gasteiger partial charge in [-0.1, -0.05) is 156 Å². The van der Waals surface area contributed by atoms with Crippen LogP contribution in [0.5, 0.6) is 0 Å². The van der Waals surface area contributed by atoms with E-state index in [2.05, 4.69) is 104 Å². The molecule has 1 N–H and O–H groups in total. The SMILES string of the molecule is CCCCCCCCCCOCc1cn([C@@H]2C[C@@H](I)[C@@H](CO[Si](c3ccccc3)(c3ccccc3)C(C)(C)C)O2)c(=O)[nH]c1=O. The van der Waals surface area contributed by atoms with Crippen molar-refractivity contribution in [2.45, 2.75) is 113 Å². The summed E-state index contributed by atoms with van der Waals surface area (Å²) in [5, 5.41) is 2.29. The van der Waals surface area contributed by atoms with E-state index in [-0.39, 0.29) is 21.7 Å². The zero-order valence-corrected chi connectivity index (χ0v) is 30.6. The number of nitrogens with zero attached hydrogens (tertiary/aromatic N) is 1. The molecule has 7 nitrogen and oxygen atoms in total. The van der Waals surface area contributed by atoms with Crippen molar-refractivity contribution in [3.05, 3.63) is 93.3 Å². The first-order valence-electron chi connectivity index (χ1n) is 16.6. The Balaban J connectivity index is 1.41. The van der Waals surface area contributed by atoms with Crippen LogP contribution in [0.2, 0.25) is 5.04 Å². The third-order valence-corrected chi connectivity index (χ3v) is 15.1. The first-order valence-corrected chi connectivity index (χ1v) is 19.8. The fourth-order valence-corrected chi connectivity index (χ4v) is 11.7. The van der Waals surface area contributed by atoms with Crippen molar-refractivity contribution in [2.75, 3.05) is 13.2 Å². The van der Waals surface area contributed by atoms with Crippen LogP contribution in [0.25, 0.3) is 0 Å². The quantitative estimate of drug-likeness (QED) is 0.0707. The molecule has 1 saturated heterocycles. The van der Waals surface area contributed by atoms with Crippen molar-refractivity contribution in [2.24, 2.45) is 0 Å². The number of halogens is 1. The van der Waals surface area contributed by atoms with E-state index in [1.165, 1.54) is 53.5 Å². The minimum atomic E-state index is -2.73. The molecule has 3 atom stereocenters. The molecule has 1 aliphatic rings. The predicted molar refractivity (Wildman–Crippen MR) is 193 cm³/mol. The second-order valence-electron chi connectivity index (χ2n) is 13.2. The van der Waals surface area contributed by atoms with Crippen molar-refractivity contribution in [3.8, 4) is 0 Å². The minimum absolute atomic E-state index is 0.131. The molecule has 0 saturated carbocycles. The van der Waals surface area contributed by atoms with E-state index in [9.17, 15) is 9.59 Å². The van der Waals surface area contributed by atoms with Gasteiger partial charge in [0.05, 0.1) is 24.9 Å². The van der Waals surface area contributed by atoms with Gasteiger partial charge in [-0.25, -0.2) is 4.79 Å². The number of H-pyrrole nitrogens is 1. The minimum Gasteiger partial charge on any atom is -0.405 e. The Morgan fingerprint density at radius 3 is 2.07 bits per heavy atom. The number of ether oxygens (including phenoxy) is 2. The Morgan fingerprint density at radius 1 is 0.911 bits per heavy atom. The smallest absolute Gasteiger partial charge is 0.330 e. The molecule has 9 heteroatoms. The molecule has 0 spiro atoms. The van der Waals surface area contributed by atoms with Crippen LogP contribution in [-0.2, 0) is 20.5 Å². The molecular formula is C36H51IN2O5Si. The lowest BCUT2D eigenvalue weighted by Gasteiger charge is -2.43. The summed E-state index contributed by atoms with van der Waals surface area (Å²) in [5.41, 5.74) is -0.425. The van der Waals surface area contributed by atoms with Crippen molar-refractivity contribution >= 4 is 41.3 Å². The van der Waals surface area contributed by atoms with Crippen LogP contribution >= 0.6 is 22.6 Å². The first kappa shape index (κ1) is 35.8. The largest absolute Gasteiger partial charge is 0.405 e. The fraction of sp³-hybridized carbons (Fsp3) is 0.556. The fourth-order valence-electron chi connectivity index (χ4n) is 6.34. The number of alkyl halides is 1. The molecule has 2 heterocycles. The summed E-state index contributed by atoms with van der Waals surface area (Å²) < 4.78 is 21.1. The highest BCUT2D eigenvalue weighted by molar-refractivity contribution is 14.1. The van der Waals surface area contributed by atoms with E-state index in [4.69, 9.17) is 13.9 Å². The summed E-state index contributed by atoms with van der Waals surface area (Å²) in [7, 11) is -2.73. The molecule has 45 heavy (non-hydrogen) atoms. The molecule has 0 radical (unpaired) electrons. The van der Waals surface area contributed by atoms with Crippen molar-refractivity contribution in [1.29, 1.82) is 0 Å². The van der Waals surface area contributed by atoms with Crippen LogP contribution in [0.3, 0.4) is 0 Å². The molecule has 0 unspecified atom stereocenters. The van der Waals surface area contributed by atoms with E-state index in [0.717, 1.165) is 12.8 Å². The number of aromatic amines is 1. The molecule has 1 fully saturated rings. The van der Waals surface area contributed by atoms with Gasteiger partial charge in [0.1, 0.15) is 6.23 Å². The zero-order valence-electron chi connectivity index (χ0n) is 27.4. The molecule has 0 bridgehead atoms. The molecule has 0 aliphatic carbocycles. The third kappa shape index (κ3) is 9.28. The van der Waals surface area contributed by atoms with Crippen LogP contribution in [0.1, 0.15) is 97.3 Å². The van der Waals surface area contributed by atoms with Gasteiger partial charge < -0.3 is 13.9 Å². The van der Waals surface area contributed by atoms with Crippen molar-refractivity contribution in [1.82, 2.24) is 9.55 Å². The van der Waals surface area contributed by atoms with Crippen molar-refractivity contribution < 1.29 is 13.9 Å². The van der Waals surface area contributed by atoms with Gasteiger partial charge >= 0.3 is 5.69 Å². The van der Waals surface area contributed by atoms with E-state index >= 15 is 0 Å². The highest BCUT2D eigenvalue weighted by atomic mass is 127. The van der Waals surface area contributed by atoms with Crippen LogP contribution in [0.4, 0.5) is 0 Å². The maximum Gasteiger partial charge on any atom is 0.330 e. The lowest BCUT2D eigenvalue weighted by molar-refractivity contribution is -0.0205. The number of unbranched alkanes of at least 4 members (excludes halogenated alkanes) is 7. The van der Waals surface area contributed by atoms with Gasteiger partial charge in [-0.2, -0.15) is 0 Å². The highest BCUT2D eigenvalue weighted by Crippen LogP contribution is 2.39. The maximum atomic E-state index is 12.9. The summed E-state index contributed by atoms with van der Waals surface area (Å²) in [4.78, 5) is 28.0. The molecule has 1 aromatic heterocycles. The molecule has 4 rings (SSSR count).